The molecule has 116 valence electrons. The molecule has 0 unspecified atom stereocenters. The van der Waals surface area contributed by atoms with Crippen LogP contribution in [0.25, 0.3) is 0 Å². The van der Waals surface area contributed by atoms with E-state index in [1.54, 1.807) is 7.11 Å². The van der Waals surface area contributed by atoms with E-state index in [-0.39, 0.29) is 0 Å². The molecule has 2 aromatic rings. The van der Waals surface area contributed by atoms with E-state index in [0.29, 0.717) is 12.4 Å². The van der Waals surface area contributed by atoms with Gasteiger partial charge in [0.25, 0.3) is 0 Å². The summed E-state index contributed by atoms with van der Waals surface area (Å²) in [6, 6.07) is 12.1. The molecule has 0 aliphatic carbocycles. The molecule has 0 bridgehead atoms. The largest absolute Gasteiger partial charge is 0.493 e. The molecule has 0 fully saturated rings. The second-order valence-electron chi connectivity index (χ2n) is 4.75. The quantitative estimate of drug-likeness (QED) is 0.664. The van der Waals surface area contributed by atoms with Crippen LogP contribution < -0.4 is 9.47 Å². The summed E-state index contributed by atoms with van der Waals surface area (Å²) in [5, 5.41) is 0. The second kappa shape index (κ2) is 7.99. The van der Waals surface area contributed by atoms with E-state index < -0.39 is 0 Å². The lowest BCUT2D eigenvalue weighted by molar-refractivity contribution is 0.309. The van der Waals surface area contributed by atoms with Crippen molar-refractivity contribution in [3.05, 3.63) is 52.0 Å². The molecule has 0 amide bonds. The van der Waals surface area contributed by atoms with Gasteiger partial charge in [-0.2, -0.15) is 0 Å². The summed E-state index contributed by atoms with van der Waals surface area (Å²) >= 11 is 3.52. The molecule has 0 spiro atoms. The van der Waals surface area contributed by atoms with Gasteiger partial charge in [-0.1, -0.05) is 19.1 Å². The molecular weight excluding hydrogens is 342 g/mol. The topological polar surface area (TPSA) is 30.8 Å². The highest BCUT2D eigenvalue weighted by Crippen LogP contribution is 2.36. The van der Waals surface area contributed by atoms with Crippen molar-refractivity contribution in [1.82, 2.24) is 0 Å². The molecule has 0 aromatic heterocycles. The third-order valence-corrected chi connectivity index (χ3v) is 3.84. The second-order valence-corrected chi connectivity index (χ2v) is 5.60. The van der Waals surface area contributed by atoms with Crippen LogP contribution in [0.3, 0.4) is 0 Å². The zero-order chi connectivity index (χ0) is 15.9. The maximum atomic E-state index is 5.59. The van der Waals surface area contributed by atoms with Gasteiger partial charge in [0.2, 0.25) is 0 Å². The third-order valence-electron chi connectivity index (χ3n) is 3.25. The molecule has 2 rings (SSSR count). The summed E-state index contributed by atoms with van der Waals surface area (Å²) in [6.45, 7) is 4.68. The van der Waals surface area contributed by atoms with Gasteiger partial charge in [0.1, 0.15) is 0 Å². The minimum atomic E-state index is 0.589. The Morgan fingerprint density at radius 1 is 1.14 bits per heavy atom. The first-order chi connectivity index (χ1) is 10.7. The minimum Gasteiger partial charge on any atom is -0.493 e. The number of methoxy groups -OCH3 is 1. The number of hydrogen-bond acceptors (Lipinski definition) is 3. The summed E-state index contributed by atoms with van der Waals surface area (Å²) in [5.74, 6) is 1.41. The Bertz CT molecular complexity index is 651. The normalized spacial score (nSPS) is 10.9. The molecule has 0 N–H and O–H groups in total. The van der Waals surface area contributed by atoms with Crippen LogP contribution in [-0.4, -0.2) is 19.9 Å². The highest BCUT2D eigenvalue weighted by molar-refractivity contribution is 9.10. The van der Waals surface area contributed by atoms with Gasteiger partial charge in [-0.25, -0.2) is 0 Å². The first-order valence-electron chi connectivity index (χ1n) is 7.31. The standard InChI is InChI=1S/C18H20BrNO2/c1-4-13-6-8-15(9-7-13)20-12-14-10-16(19)18(22-5-2)17(11-14)21-3/h6-12H,4-5H2,1-3H3. The van der Waals surface area contributed by atoms with Crippen molar-refractivity contribution in [1.29, 1.82) is 0 Å². The lowest BCUT2D eigenvalue weighted by atomic mass is 10.1. The Kier molecular flexibility index (Phi) is 6.01. The summed E-state index contributed by atoms with van der Waals surface area (Å²) in [6.07, 6.45) is 2.86. The van der Waals surface area contributed by atoms with Crippen molar-refractivity contribution in [3.8, 4) is 11.5 Å². The molecule has 0 radical (unpaired) electrons. The number of halogens is 1. The van der Waals surface area contributed by atoms with E-state index in [4.69, 9.17) is 9.47 Å². The first-order valence-corrected chi connectivity index (χ1v) is 8.10. The fraction of sp³-hybridized carbons (Fsp3) is 0.278. The number of rotatable bonds is 6. The molecule has 0 aliphatic rings. The predicted molar refractivity (Wildman–Crippen MR) is 94.9 cm³/mol. The molecule has 0 saturated heterocycles. The Balaban J connectivity index is 2.24. The number of benzene rings is 2. The van der Waals surface area contributed by atoms with Gasteiger partial charge in [0, 0.05) is 6.21 Å². The van der Waals surface area contributed by atoms with E-state index in [0.717, 1.165) is 27.9 Å². The Hall–Kier alpha value is -1.81. The van der Waals surface area contributed by atoms with Crippen molar-refractivity contribution >= 4 is 27.8 Å². The van der Waals surface area contributed by atoms with Gasteiger partial charge in [-0.05, 0) is 64.7 Å². The van der Waals surface area contributed by atoms with Crippen LogP contribution in [0, 0.1) is 0 Å². The Labute approximate surface area is 140 Å². The van der Waals surface area contributed by atoms with Gasteiger partial charge < -0.3 is 9.47 Å². The lowest BCUT2D eigenvalue weighted by Gasteiger charge is -2.11. The van der Waals surface area contributed by atoms with Crippen molar-refractivity contribution < 1.29 is 9.47 Å². The van der Waals surface area contributed by atoms with Gasteiger partial charge in [0.05, 0.1) is 23.9 Å². The van der Waals surface area contributed by atoms with Crippen molar-refractivity contribution in [2.24, 2.45) is 4.99 Å². The van der Waals surface area contributed by atoms with Crippen LogP contribution >= 0.6 is 15.9 Å². The van der Waals surface area contributed by atoms with Crippen LogP contribution in [-0.2, 0) is 6.42 Å². The maximum absolute atomic E-state index is 5.59. The summed E-state index contributed by atoms with van der Waals surface area (Å²) in [7, 11) is 1.63. The zero-order valence-corrected chi connectivity index (χ0v) is 14.7. The Morgan fingerprint density at radius 2 is 1.86 bits per heavy atom. The smallest absolute Gasteiger partial charge is 0.175 e. The van der Waals surface area contributed by atoms with Crippen LogP contribution in [0.1, 0.15) is 25.0 Å². The van der Waals surface area contributed by atoms with E-state index >= 15 is 0 Å². The monoisotopic (exact) mass is 361 g/mol. The minimum absolute atomic E-state index is 0.589. The zero-order valence-electron chi connectivity index (χ0n) is 13.1. The van der Waals surface area contributed by atoms with Crippen molar-refractivity contribution in [2.45, 2.75) is 20.3 Å². The molecule has 0 atom stereocenters. The number of aliphatic imine (C=N–C) groups is 1. The van der Waals surface area contributed by atoms with E-state index in [1.807, 2.05) is 37.4 Å². The maximum Gasteiger partial charge on any atom is 0.175 e. The number of hydrogen-bond donors (Lipinski definition) is 0. The van der Waals surface area contributed by atoms with Crippen molar-refractivity contribution in [2.75, 3.05) is 13.7 Å². The highest BCUT2D eigenvalue weighted by atomic mass is 79.9. The molecule has 22 heavy (non-hydrogen) atoms. The summed E-state index contributed by atoms with van der Waals surface area (Å²) in [4.78, 5) is 4.50. The highest BCUT2D eigenvalue weighted by Gasteiger charge is 2.10. The van der Waals surface area contributed by atoms with Crippen LogP contribution in [0.4, 0.5) is 5.69 Å². The number of ether oxygens (including phenoxy) is 2. The summed E-state index contributed by atoms with van der Waals surface area (Å²) < 4.78 is 11.8. The van der Waals surface area contributed by atoms with Crippen molar-refractivity contribution in [3.63, 3.8) is 0 Å². The molecule has 2 aromatic carbocycles. The fourth-order valence-corrected chi connectivity index (χ4v) is 2.64. The first kappa shape index (κ1) is 16.6. The van der Waals surface area contributed by atoms with Crippen LogP contribution in [0.2, 0.25) is 0 Å². The number of aryl methyl sites for hydroxylation is 1. The van der Waals surface area contributed by atoms with Gasteiger partial charge in [0.15, 0.2) is 11.5 Å². The van der Waals surface area contributed by atoms with Gasteiger partial charge in [-0.15, -0.1) is 0 Å². The lowest BCUT2D eigenvalue weighted by Crippen LogP contribution is -1.97. The average Bonchev–Trinajstić information content (AvgIpc) is 2.55. The van der Waals surface area contributed by atoms with E-state index in [9.17, 15) is 0 Å². The molecule has 0 aliphatic heterocycles. The van der Waals surface area contributed by atoms with Gasteiger partial charge >= 0.3 is 0 Å². The molecule has 0 heterocycles. The molecule has 3 nitrogen and oxygen atoms in total. The Morgan fingerprint density at radius 3 is 2.45 bits per heavy atom. The molecule has 0 saturated carbocycles. The number of nitrogens with zero attached hydrogens (tertiary/aromatic N) is 1. The molecular formula is C18H20BrNO2. The fourth-order valence-electron chi connectivity index (χ4n) is 2.07. The van der Waals surface area contributed by atoms with E-state index in [1.165, 1.54) is 5.56 Å². The SMILES string of the molecule is CCOc1c(Br)cc(C=Nc2ccc(CC)cc2)cc1OC. The average molecular weight is 362 g/mol. The molecule has 4 heteroatoms. The summed E-state index contributed by atoms with van der Waals surface area (Å²) in [5.41, 5.74) is 3.19. The van der Waals surface area contributed by atoms with Gasteiger partial charge in [-0.3, -0.25) is 4.99 Å². The van der Waals surface area contributed by atoms with Crippen LogP contribution in [0.5, 0.6) is 11.5 Å². The van der Waals surface area contributed by atoms with Crippen LogP contribution in [0.15, 0.2) is 45.9 Å². The third kappa shape index (κ3) is 4.10. The predicted octanol–water partition coefficient (Wildman–Crippen LogP) is 5.17. The van der Waals surface area contributed by atoms with E-state index in [2.05, 4.69) is 40.0 Å².